The van der Waals surface area contributed by atoms with Crippen LogP contribution in [-0.4, -0.2) is 13.4 Å². The summed E-state index contributed by atoms with van der Waals surface area (Å²) in [5.74, 6) is -0.852. The Labute approximate surface area is 130 Å². The molecule has 0 aliphatic heterocycles. The van der Waals surface area contributed by atoms with Gasteiger partial charge in [-0.05, 0) is 31.2 Å². The fourth-order valence-corrected chi connectivity index (χ4v) is 3.68. The van der Waals surface area contributed by atoms with Gasteiger partial charge in [0.05, 0.1) is 11.4 Å². The molecule has 0 unspecified atom stereocenters. The molecule has 1 aromatic carbocycles. The van der Waals surface area contributed by atoms with Gasteiger partial charge in [-0.25, -0.2) is 12.8 Å². The SMILES string of the molecule is Cc1ncccc1NS(=O)(=O)c1cc(Br)cc(CN)c1F. The topological polar surface area (TPSA) is 85.1 Å². The van der Waals surface area contributed by atoms with Crippen molar-refractivity contribution in [3.63, 3.8) is 0 Å². The van der Waals surface area contributed by atoms with E-state index in [4.69, 9.17) is 5.73 Å². The Hall–Kier alpha value is -1.51. The van der Waals surface area contributed by atoms with E-state index in [1.807, 2.05) is 0 Å². The first-order valence-corrected chi connectivity index (χ1v) is 8.25. The number of rotatable bonds is 4. The summed E-state index contributed by atoms with van der Waals surface area (Å²) in [7, 11) is -4.07. The van der Waals surface area contributed by atoms with Crippen LogP contribution in [0.1, 0.15) is 11.3 Å². The number of aryl methyl sites for hydroxylation is 1. The predicted molar refractivity (Wildman–Crippen MR) is 81.8 cm³/mol. The highest BCUT2D eigenvalue weighted by atomic mass is 79.9. The Morgan fingerprint density at radius 1 is 1.43 bits per heavy atom. The average molecular weight is 374 g/mol. The Bertz CT molecular complexity index is 781. The standard InChI is InChI=1S/C13H13BrFN3O2S/c1-8-11(3-2-4-17-8)18-21(19,20)12-6-10(14)5-9(7-16)13(12)15/h2-6,18H,7,16H2,1H3. The first-order valence-electron chi connectivity index (χ1n) is 5.97. The molecule has 0 fully saturated rings. The highest BCUT2D eigenvalue weighted by molar-refractivity contribution is 9.10. The zero-order chi connectivity index (χ0) is 15.6. The van der Waals surface area contributed by atoms with Gasteiger partial charge in [-0.3, -0.25) is 9.71 Å². The molecule has 0 saturated carbocycles. The number of hydrogen-bond acceptors (Lipinski definition) is 4. The second kappa shape index (κ2) is 6.08. The number of aromatic nitrogens is 1. The van der Waals surface area contributed by atoms with Gasteiger partial charge >= 0.3 is 0 Å². The third kappa shape index (κ3) is 3.39. The van der Waals surface area contributed by atoms with E-state index >= 15 is 0 Å². The van der Waals surface area contributed by atoms with Gasteiger partial charge < -0.3 is 5.73 Å². The molecule has 2 rings (SSSR count). The van der Waals surface area contributed by atoms with E-state index in [2.05, 4.69) is 25.6 Å². The summed E-state index contributed by atoms with van der Waals surface area (Å²) < 4.78 is 41.7. The molecule has 0 spiro atoms. The molecule has 0 aliphatic carbocycles. The summed E-state index contributed by atoms with van der Waals surface area (Å²) >= 11 is 3.15. The lowest BCUT2D eigenvalue weighted by Gasteiger charge is -2.12. The van der Waals surface area contributed by atoms with Crippen LogP contribution in [0, 0.1) is 12.7 Å². The third-order valence-corrected chi connectivity index (χ3v) is 4.66. The summed E-state index contributed by atoms with van der Waals surface area (Å²) in [5.41, 5.74) is 6.33. The molecule has 8 heteroatoms. The van der Waals surface area contributed by atoms with Gasteiger partial charge in [-0.15, -0.1) is 0 Å². The lowest BCUT2D eigenvalue weighted by molar-refractivity contribution is 0.560. The molecule has 0 atom stereocenters. The Morgan fingerprint density at radius 2 is 2.14 bits per heavy atom. The fourth-order valence-electron chi connectivity index (χ4n) is 1.75. The Morgan fingerprint density at radius 3 is 2.76 bits per heavy atom. The minimum Gasteiger partial charge on any atom is -0.326 e. The molecule has 5 nitrogen and oxygen atoms in total. The molecule has 0 saturated heterocycles. The van der Waals surface area contributed by atoms with E-state index in [1.54, 1.807) is 25.3 Å². The van der Waals surface area contributed by atoms with Gasteiger partial charge in [0.15, 0.2) is 0 Å². The molecular formula is C13H13BrFN3O2S. The van der Waals surface area contributed by atoms with E-state index in [0.717, 1.165) is 0 Å². The number of anilines is 1. The van der Waals surface area contributed by atoms with E-state index in [0.29, 0.717) is 15.9 Å². The molecule has 21 heavy (non-hydrogen) atoms. The lowest BCUT2D eigenvalue weighted by Crippen LogP contribution is -2.17. The number of pyridine rings is 1. The van der Waals surface area contributed by atoms with Gasteiger partial charge in [-0.1, -0.05) is 15.9 Å². The fraction of sp³-hybridized carbons (Fsp3) is 0.154. The second-order valence-corrected chi connectivity index (χ2v) is 6.89. The van der Waals surface area contributed by atoms with Crippen molar-refractivity contribution >= 4 is 31.6 Å². The van der Waals surface area contributed by atoms with E-state index in [1.165, 1.54) is 12.1 Å². The molecule has 0 bridgehead atoms. The minimum atomic E-state index is -4.07. The maximum absolute atomic E-state index is 14.2. The first-order chi connectivity index (χ1) is 9.85. The molecule has 3 N–H and O–H groups in total. The zero-order valence-electron chi connectivity index (χ0n) is 11.1. The normalized spacial score (nSPS) is 11.4. The predicted octanol–water partition coefficient (Wildman–Crippen LogP) is 2.55. The smallest absolute Gasteiger partial charge is 0.264 e. The van der Waals surface area contributed by atoms with Gasteiger partial charge in [0.1, 0.15) is 10.7 Å². The van der Waals surface area contributed by atoms with E-state index in [-0.39, 0.29) is 12.1 Å². The van der Waals surface area contributed by atoms with E-state index < -0.39 is 20.7 Å². The van der Waals surface area contributed by atoms with Crippen molar-refractivity contribution < 1.29 is 12.8 Å². The number of sulfonamides is 1. The summed E-state index contributed by atoms with van der Waals surface area (Å²) in [6, 6.07) is 5.79. The molecule has 0 radical (unpaired) electrons. The van der Waals surface area contributed by atoms with Gasteiger partial charge in [0.2, 0.25) is 0 Å². The first kappa shape index (κ1) is 15.9. The molecule has 1 aromatic heterocycles. The van der Waals surface area contributed by atoms with Gasteiger partial charge in [-0.2, -0.15) is 0 Å². The number of nitrogens with two attached hydrogens (primary N) is 1. The number of halogens is 2. The Balaban J connectivity index is 2.50. The van der Waals surface area contributed by atoms with Crippen molar-refractivity contribution in [1.29, 1.82) is 0 Å². The third-order valence-electron chi connectivity index (χ3n) is 2.84. The van der Waals surface area contributed by atoms with Crippen molar-refractivity contribution in [3.8, 4) is 0 Å². The van der Waals surface area contributed by atoms with Gasteiger partial charge in [0.25, 0.3) is 10.0 Å². The van der Waals surface area contributed by atoms with Crippen LogP contribution in [0.25, 0.3) is 0 Å². The molecule has 0 aliphatic rings. The molecule has 1 heterocycles. The minimum absolute atomic E-state index is 0.0975. The van der Waals surface area contributed by atoms with E-state index in [9.17, 15) is 12.8 Å². The maximum atomic E-state index is 14.2. The van der Waals surface area contributed by atoms with Crippen LogP contribution in [0.2, 0.25) is 0 Å². The van der Waals surface area contributed by atoms with Crippen molar-refractivity contribution in [1.82, 2.24) is 4.98 Å². The van der Waals surface area contributed by atoms with Crippen molar-refractivity contribution in [2.24, 2.45) is 5.73 Å². The van der Waals surface area contributed by atoms with Crippen LogP contribution in [0.3, 0.4) is 0 Å². The second-order valence-electron chi connectivity index (χ2n) is 4.32. The van der Waals surface area contributed by atoms with Crippen LogP contribution in [0.5, 0.6) is 0 Å². The largest absolute Gasteiger partial charge is 0.326 e. The molecule has 2 aromatic rings. The quantitative estimate of drug-likeness (QED) is 0.862. The van der Waals surface area contributed by atoms with Crippen molar-refractivity contribution in [2.75, 3.05) is 4.72 Å². The summed E-state index contributed by atoms with van der Waals surface area (Å²) in [6.45, 7) is 1.56. The number of nitrogens with zero attached hydrogens (tertiary/aromatic N) is 1. The highest BCUT2D eigenvalue weighted by Gasteiger charge is 2.22. The van der Waals surface area contributed by atoms with Crippen molar-refractivity contribution in [3.05, 3.63) is 52.0 Å². The van der Waals surface area contributed by atoms with Crippen LogP contribution >= 0.6 is 15.9 Å². The number of benzene rings is 1. The van der Waals surface area contributed by atoms with Gasteiger partial charge in [0, 0.05) is 22.8 Å². The molecule has 0 amide bonds. The molecule has 112 valence electrons. The summed E-state index contributed by atoms with van der Waals surface area (Å²) in [5, 5.41) is 0. The zero-order valence-corrected chi connectivity index (χ0v) is 13.5. The van der Waals surface area contributed by atoms with Crippen LogP contribution in [0.15, 0.2) is 39.8 Å². The van der Waals surface area contributed by atoms with Crippen molar-refractivity contribution in [2.45, 2.75) is 18.4 Å². The number of hydrogen-bond donors (Lipinski definition) is 2. The average Bonchev–Trinajstić information content (AvgIpc) is 2.43. The summed E-state index contributed by atoms with van der Waals surface area (Å²) in [4.78, 5) is 3.52. The highest BCUT2D eigenvalue weighted by Crippen LogP contribution is 2.26. The number of nitrogens with one attached hydrogen (secondary N) is 1. The Kier molecular flexibility index (Phi) is 4.60. The van der Waals surface area contributed by atoms with Crippen LogP contribution in [-0.2, 0) is 16.6 Å². The van der Waals surface area contributed by atoms with Crippen LogP contribution in [0.4, 0.5) is 10.1 Å². The van der Waals surface area contributed by atoms with Crippen LogP contribution < -0.4 is 10.5 Å². The summed E-state index contributed by atoms with van der Waals surface area (Å²) in [6.07, 6.45) is 1.54. The monoisotopic (exact) mass is 373 g/mol. The lowest BCUT2D eigenvalue weighted by atomic mass is 10.2. The maximum Gasteiger partial charge on any atom is 0.264 e. The molecular weight excluding hydrogens is 361 g/mol.